The second-order valence-electron chi connectivity index (χ2n) is 6.05. The van der Waals surface area contributed by atoms with Gasteiger partial charge in [-0.3, -0.25) is 9.59 Å². The zero-order valence-corrected chi connectivity index (χ0v) is 12.0. The lowest BCUT2D eigenvalue weighted by atomic mass is 9.81. The Morgan fingerprint density at radius 3 is 2.86 bits per heavy atom. The molecule has 112 valence electrons. The van der Waals surface area contributed by atoms with Gasteiger partial charge in [-0.15, -0.1) is 0 Å². The molecule has 0 aliphatic carbocycles. The van der Waals surface area contributed by atoms with Crippen LogP contribution in [-0.2, 0) is 20.7 Å². The summed E-state index contributed by atoms with van der Waals surface area (Å²) in [6.07, 6.45) is 0.329. The van der Waals surface area contributed by atoms with Crippen molar-refractivity contribution in [3.8, 4) is 0 Å². The van der Waals surface area contributed by atoms with Crippen LogP contribution in [0.3, 0.4) is 0 Å². The fourth-order valence-corrected chi connectivity index (χ4v) is 3.31. The number of rotatable bonds is 3. The number of nitrogens with zero attached hydrogens (tertiary/aromatic N) is 1. The van der Waals surface area contributed by atoms with Gasteiger partial charge in [-0.05, 0) is 18.1 Å². The highest BCUT2D eigenvalue weighted by atomic mass is 16.5. The first-order valence-electron chi connectivity index (χ1n) is 7.16. The number of carboxylic acids is 1. The molecule has 2 atom stereocenters. The Morgan fingerprint density at radius 2 is 2.19 bits per heavy atom. The molecule has 2 aliphatic rings. The van der Waals surface area contributed by atoms with E-state index >= 15 is 0 Å². The summed E-state index contributed by atoms with van der Waals surface area (Å²) in [5, 5.41) is 9.49. The predicted molar refractivity (Wildman–Crippen MR) is 75.8 cm³/mol. The molecule has 1 aromatic carbocycles. The molecule has 0 aromatic heterocycles. The van der Waals surface area contributed by atoms with Gasteiger partial charge in [0.05, 0.1) is 19.6 Å². The minimum atomic E-state index is -0.901. The van der Waals surface area contributed by atoms with Gasteiger partial charge in [0.25, 0.3) is 0 Å². The molecule has 1 aromatic rings. The van der Waals surface area contributed by atoms with Crippen molar-refractivity contribution >= 4 is 11.9 Å². The van der Waals surface area contributed by atoms with Gasteiger partial charge in [0.1, 0.15) is 5.41 Å². The zero-order valence-electron chi connectivity index (χ0n) is 12.0. The number of aryl methyl sites for hydroxylation is 1. The minimum Gasteiger partial charge on any atom is -0.481 e. The lowest BCUT2D eigenvalue weighted by Gasteiger charge is -2.22. The molecule has 2 heterocycles. The number of benzene rings is 1. The van der Waals surface area contributed by atoms with Crippen LogP contribution in [0.4, 0.5) is 0 Å². The van der Waals surface area contributed by atoms with Crippen molar-refractivity contribution < 1.29 is 19.4 Å². The normalized spacial score (nSPS) is 27.7. The van der Waals surface area contributed by atoms with E-state index in [1.54, 1.807) is 4.90 Å². The van der Waals surface area contributed by atoms with Crippen LogP contribution in [-0.4, -0.2) is 48.2 Å². The summed E-state index contributed by atoms with van der Waals surface area (Å²) in [5.41, 5.74) is 1.18. The molecule has 0 unspecified atom stereocenters. The van der Waals surface area contributed by atoms with Gasteiger partial charge in [-0.25, -0.2) is 0 Å². The van der Waals surface area contributed by atoms with Crippen molar-refractivity contribution in [2.75, 3.05) is 26.3 Å². The molecule has 0 saturated carbocycles. The number of hydrogen-bond acceptors (Lipinski definition) is 3. The predicted octanol–water partition coefficient (Wildman–Crippen LogP) is 1.10. The maximum absolute atomic E-state index is 12.5. The fourth-order valence-electron chi connectivity index (χ4n) is 3.31. The van der Waals surface area contributed by atoms with E-state index in [-0.39, 0.29) is 25.0 Å². The van der Waals surface area contributed by atoms with Crippen molar-refractivity contribution in [3.63, 3.8) is 0 Å². The molecule has 3 rings (SSSR count). The number of hydrogen-bond donors (Lipinski definition) is 1. The molecule has 2 fully saturated rings. The van der Waals surface area contributed by atoms with Crippen LogP contribution in [0.25, 0.3) is 0 Å². The monoisotopic (exact) mass is 289 g/mol. The average Bonchev–Trinajstić information content (AvgIpc) is 2.99. The molecule has 1 N–H and O–H groups in total. The molecule has 2 aliphatic heterocycles. The standard InChI is InChI=1S/C16H19NO4/c1-11-4-2-3-5-12(11)6-14(18)17-7-13-8-21-10-16(13,9-17)15(19)20/h2-5,13H,6-10H2,1H3,(H,19,20)/t13-,16-/m1/s1. The number of likely N-dealkylation sites (tertiary alicyclic amines) is 1. The second kappa shape index (κ2) is 5.15. The van der Waals surface area contributed by atoms with E-state index in [1.807, 2.05) is 31.2 Å². The van der Waals surface area contributed by atoms with Crippen LogP contribution < -0.4 is 0 Å². The molecular formula is C16H19NO4. The van der Waals surface area contributed by atoms with Crippen LogP contribution in [0.5, 0.6) is 0 Å². The molecule has 0 spiro atoms. The molecular weight excluding hydrogens is 270 g/mol. The summed E-state index contributed by atoms with van der Waals surface area (Å²) in [4.78, 5) is 25.7. The summed E-state index contributed by atoms with van der Waals surface area (Å²) >= 11 is 0. The Kier molecular flexibility index (Phi) is 3.45. The van der Waals surface area contributed by atoms with Crippen LogP contribution in [0.2, 0.25) is 0 Å². The molecule has 0 bridgehead atoms. The van der Waals surface area contributed by atoms with Gasteiger partial charge in [-0.1, -0.05) is 24.3 Å². The van der Waals surface area contributed by atoms with E-state index in [2.05, 4.69) is 0 Å². The SMILES string of the molecule is Cc1ccccc1CC(=O)N1C[C@@H]2COC[C@]2(C(=O)O)C1. The smallest absolute Gasteiger partial charge is 0.314 e. The van der Waals surface area contributed by atoms with Gasteiger partial charge < -0.3 is 14.7 Å². The third-order valence-corrected chi connectivity index (χ3v) is 4.76. The van der Waals surface area contributed by atoms with Crippen molar-refractivity contribution in [1.29, 1.82) is 0 Å². The number of amides is 1. The van der Waals surface area contributed by atoms with Crippen LogP contribution in [0.1, 0.15) is 11.1 Å². The number of fused-ring (bicyclic) bond motifs is 1. The highest BCUT2D eigenvalue weighted by molar-refractivity contribution is 5.83. The van der Waals surface area contributed by atoms with Gasteiger partial charge >= 0.3 is 5.97 Å². The second-order valence-corrected chi connectivity index (χ2v) is 6.05. The van der Waals surface area contributed by atoms with Crippen molar-refractivity contribution in [1.82, 2.24) is 4.90 Å². The first kappa shape index (κ1) is 14.1. The topological polar surface area (TPSA) is 66.8 Å². The highest BCUT2D eigenvalue weighted by Gasteiger charge is 2.57. The van der Waals surface area contributed by atoms with Gasteiger partial charge in [0.15, 0.2) is 0 Å². The van der Waals surface area contributed by atoms with Crippen molar-refractivity contribution in [3.05, 3.63) is 35.4 Å². The molecule has 1 amide bonds. The summed E-state index contributed by atoms with van der Waals surface area (Å²) in [6.45, 7) is 3.37. The Balaban J connectivity index is 1.73. The van der Waals surface area contributed by atoms with Gasteiger partial charge in [-0.2, -0.15) is 0 Å². The highest BCUT2D eigenvalue weighted by Crippen LogP contribution is 2.41. The van der Waals surface area contributed by atoms with E-state index in [0.29, 0.717) is 19.6 Å². The lowest BCUT2D eigenvalue weighted by Crippen LogP contribution is -2.40. The number of carbonyl (C=O) groups is 2. The quantitative estimate of drug-likeness (QED) is 0.905. The summed E-state index contributed by atoms with van der Waals surface area (Å²) in [7, 11) is 0. The summed E-state index contributed by atoms with van der Waals surface area (Å²) in [6, 6.07) is 7.79. The Hall–Kier alpha value is -1.88. The summed E-state index contributed by atoms with van der Waals surface area (Å²) < 4.78 is 5.32. The van der Waals surface area contributed by atoms with E-state index in [1.165, 1.54) is 0 Å². The molecule has 5 nitrogen and oxygen atoms in total. The third kappa shape index (κ3) is 2.31. The Labute approximate surface area is 123 Å². The maximum Gasteiger partial charge on any atom is 0.314 e. The van der Waals surface area contributed by atoms with E-state index in [4.69, 9.17) is 4.74 Å². The number of carbonyl (C=O) groups excluding carboxylic acids is 1. The minimum absolute atomic E-state index is 0.000625. The van der Waals surface area contributed by atoms with Crippen molar-refractivity contribution in [2.45, 2.75) is 13.3 Å². The fraction of sp³-hybridized carbons (Fsp3) is 0.500. The number of aliphatic carboxylic acids is 1. The molecule has 2 saturated heterocycles. The van der Waals surface area contributed by atoms with Crippen molar-refractivity contribution in [2.24, 2.45) is 11.3 Å². The lowest BCUT2D eigenvalue weighted by molar-refractivity contribution is -0.149. The number of ether oxygens (including phenoxy) is 1. The Morgan fingerprint density at radius 1 is 1.43 bits per heavy atom. The molecule has 5 heteroatoms. The number of carboxylic acid groups (broad SMARTS) is 1. The molecule has 21 heavy (non-hydrogen) atoms. The first-order valence-corrected chi connectivity index (χ1v) is 7.16. The molecule has 0 radical (unpaired) electrons. The Bertz CT molecular complexity index is 585. The van der Waals surface area contributed by atoms with Crippen LogP contribution >= 0.6 is 0 Å². The van der Waals surface area contributed by atoms with Gasteiger partial charge in [0, 0.05) is 19.0 Å². The first-order chi connectivity index (χ1) is 10.0. The third-order valence-electron chi connectivity index (χ3n) is 4.76. The van der Waals surface area contributed by atoms with Gasteiger partial charge in [0.2, 0.25) is 5.91 Å². The van der Waals surface area contributed by atoms with E-state index in [0.717, 1.165) is 11.1 Å². The van der Waals surface area contributed by atoms with Crippen LogP contribution in [0, 0.1) is 18.3 Å². The maximum atomic E-state index is 12.5. The van der Waals surface area contributed by atoms with Crippen LogP contribution in [0.15, 0.2) is 24.3 Å². The van der Waals surface area contributed by atoms with E-state index < -0.39 is 11.4 Å². The average molecular weight is 289 g/mol. The zero-order chi connectivity index (χ0) is 15.0. The van der Waals surface area contributed by atoms with E-state index in [9.17, 15) is 14.7 Å². The summed E-state index contributed by atoms with van der Waals surface area (Å²) in [5.74, 6) is -0.939. The largest absolute Gasteiger partial charge is 0.481 e.